The van der Waals surface area contributed by atoms with Crippen molar-refractivity contribution in [3.8, 4) is 0 Å². The van der Waals surface area contributed by atoms with Gasteiger partial charge in [0.05, 0.1) is 12.2 Å². The van der Waals surface area contributed by atoms with Gasteiger partial charge in [-0.2, -0.15) is 0 Å². The minimum atomic E-state index is -0.555. The summed E-state index contributed by atoms with van der Waals surface area (Å²) in [5.41, 5.74) is 0. The van der Waals surface area contributed by atoms with Gasteiger partial charge in [-0.25, -0.2) is 0 Å². The fourth-order valence-electron chi connectivity index (χ4n) is 1.91. The first-order chi connectivity index (χ1) is 6.15. The van der Waals surface area contributed by atoms with Crippen LogP contribution in [0.4, 0.5) is 0 Å². The Kier molecular flexibility index (Phi) is 4.16. The van der Waals surface area contributed by atoms with E-state index in [-0.39, 0.29) is 5.92 Å². The van der Waals surface area contributed by atoms with Crippen LogP contribution in [0.3, 0.4) is 0 Å². The number of β-amino-alcohol motifs (C(OH)–C–C–N with tert-alkyl or cyclic N) is 1. The number of aliphatic hydroxyl groups is 2. The Labute approximate surface area is 80.4 Å². The summed E-state index contributed by atoms with van der Waals surface area (Å²) in [6.45, 7) is 6.75. The highest BCUT2D eigenvalue weighted by Crippen LogP contribution is 2.17. The third kappa shape index (κ3) is 2.93. The summed E-state index contributed by atoms with van der Waals surface area (Å²) < 4.78 is 0. The van der Waals surface area contributed by atoms with E-state index in [1.807, 2.05) is 6.92 Å². The second-order valence-corrected chi connectivity index (χ2v) is 4.15. The lowest BCUT2D eigenvalue weighted by molar-refractivity contribution is -0.0688. The molecular formula is C10H21NO2. The van der Waals surface area contributed by atoms with Gasteiger partial charge in [0.25, 0.3) is 0 Å². The Morgan fingerprint density at radius 1 is 1.31 bits per heavy atom. The van der Waals surface area contributed by atoms with Gasteiger partial charge < -0.3 is 15.1 Å². The van der Waals surface area contributed by atoms with Crippen LogP contribution in [0, 0.1) is 5.92 Å². The molecule has 1 fully saturated rings. The molecule has 0 aromatic carbocycles. The zero-order chi connectivity index (χ0) is 9.84. The fraction of sp³-hybridized carbons (Fsp3) is 1.00. The van der Waals surface area contributed by atoms with Gasteiger partial charge in [-0.3, -0.25) is 0 Å². The smallest absolute Gasteiger partial charge is 0.0928 e. The van der Waals surface area contributed by atoms with Gasteiger partial charge in [0, 0.05) is 13.1 Å². The van der Waals surface area contributed by atoms with Crippen molar-refractivity contribution in [2.75, 3.05) is 19.6 Å². The molecule has 3 atom stereocenters. The Bertz CT molecular complexity index is 140. The molecule has 0 aliphatic carbocycles. The van der Waals surface area contributed by atoms with E-state index in [2.05, 4.69) is 11.8 Å². The number of likely N-dealkylation sites (tertiary alicyclic amines) is 1. The number of aliphatic hydroxyl groups excluding tert-OH is 2. The monoisotopic (exact) mass is 187 g/mol. The van der Waals surface area contributed by atoms with Crippen LogP contribution in [0.5, 0.6) is 0 Å². The molecule has 0 spiro atoms. The van der Waals surface area contributed by atoms with Crippen LogP contribution in [0.1, 0.15) is 26.7 Å². The van der Waals surface area contributed by atoms with Crippen molar-refractivity contribution in [2.45, 2.75) is 38.9 Å². The third-order valence-corrected chi connectivity index (χ3v) is 2.80. The van der Waals surface area contributed by atoms with Crippen LogP contribution >= 0.6 is 0 Å². The normalized spacial score (nSPS) is 36.5. The molecule has 78 valence electrons. The molecule has 3 nitrogen and oxygen atoms in total. The maximum atomic E-state index is 9.53. The van der Waals surface area contributed by atoms with E-state index >= 15 is 0 Å². The molecule has 0 saturated carbocycles. The SMILES string of the molecule is CCCCN1CC(C)[C@@H](O)C(O)C1. The van der Waals surface area contributed by atoms with E-state index in [0.717, 1.165) is 13.1 Å². The van der Waals surface area contributed by atoms with Crippen molar-refractivity contribution < 1.29 is 10.2 Å². The predicted molar refractivity (Wildman–Crippen MR) is 52.5 cm³/mol. The first-order valence-corrected chi connectivity index (χ1v) is 5.23. The van der Waals surface area contributed by atoms with E-state index in [4.69, 9.17) is 0 Å². The molecule has 0 radical (unpaired) electrons. The topological polar surface area (TPSA) is 43.7 Å². The first-order valence-electron chi connectivity index (χ1n) is 5.23. The molecule has 1 saturated heterocycles. The summed E-state index contributed by atoms with van der Waals surface area (Å²) in [4.78, 5) is 2.24. The fourth-order valence-corrected chi connectivity index (χ4v) is 1.91. The summed E-state index contributed by atoms with van der Waals surface area (Å²) in [7, 11) is 0. The van der Waals surface area contributed by atoms with E-state index < -0.39 is 12.2 Å². The maximum absolute atomic E-state index is 9.53. The van der Waals surface area contributed by atoms with Crippen molar-refractivity contribution in [3.05, 3.63) is 0 Å². The van der Waals surface area contributed by atoms with Crippen molar-refractivity contribution in [1.29, 1.82) is 0 Å². The van der Waals surface area contributed by atoms with Gasteiger partial charge in [0.1, 0.15) is 0 Å². The maximum Gasteiger partial charge on any atom is 0.0928 e. The molecule has 0 bridgehead atoms. The van der Waals surface area contributed by atoms with Crippen molar-refractivity contribution in [2.24, 2.45) is 5.92 Å². The van der Waals surface area contributed by atoms with Gasteiger partial charge in [-0.1, -0.05) is 20.3 Å². The minimum absolute atomic E-state index is 0.195. The number of rotatable bonds is 3. The zero-order valence-corrected chi connectivity index (χ0v) is 8.61. The summed E-state index contributed by atoms with van der Waals surface area (Å²) >= 11 is 0. The summed E-state index contributed by atoms with van der Waals surface area (Å²) in [5, 5.41) is 19.0. The van der Waals surface area contributed by atoms with Gasteiger partial charge in [0.2, 0.25) is 0 Å². The van der Waals surface area contributed by atoms with Crippen LogP contribution in [0.25, 0.3) is 0 Å². The summed E-state index contributed by atoms with van der Waals surface area (Å²) in [6, 6.07) is 0. The van der Waals surface area contributed by atoms with Crippen LogP contribution in [0.2, 0.25) is 0 Å². The number of hydrogen-bond acceptors (Lipinski definition) is 3. The van der Waals surface area contributed by atoms with Crippen molar-refractivity contribution in [1.82, 2.24) is 4.90 Å². The van der Waals surface area contributed by atoms with Gasteiger partial charge in [-0.15, -0.1) is 0 Å². The lowest BCUT2D eigenvalue weighted by Gasteiger charge is -2.37. The molecule has 1 aliphatic rings. The highest BCUT2D eigenvalue weighted by Gasteiger charge is 2.31. The molecule has 13 heavy (non-hydrogen) atoms. The summed E-state index contributed by atoms with van der Waals surface area (Å²) in [5.74, 6) is 0.195. The Morgan fingerprint density at radius 2 is 2.00 bits per heavy atom. The lowest BCUT2D eigenvalue weighted by Crippen LogP contribution is -2.51. The number of hydrogen-bond donors (Lipinski definition) is 2. The van der Waals surface area contributed by atoms with E-state index in [9.17, 15) is 10.2 Å². The zero-order valence-electron chi connectivity index (χ0n) is 8.61. The van der Waals surface area contributed by atoms with E-state index in [0.29, 0.717) is 6.54 Å². The molecular weight excluding hydrogens is 166 g/mol. The van der Waals surface area contributed by atoms with E-state index in [1.165, 1.54) is 12.8 Å². The first kappa shape index (κ1) is 11.0. The molecule has 0 aromatic heterocycles. The molecule has 1 rings (SSSR count). The predicted octanol–water partition coefficient (Wildman–Crippen LogP) is 0.460. The Morgan fingerprint density at radius 3 is 2.54 bits per heavy atom. The van der Waals surface area contributed by atoms with Crippen LogP contribution in [-0.4, -0.2) is 47.0 Å². The van der Waals surface area contributed by atoms with Gasteiger partial charge in [0.15, 0.2) is 0 Å². The number of unbranched alkanes of at least 4 members (excludes halogenated alkanes) is 1. The third-order valence-electron chi connectivity index (χ3n) is 2.80. The quantitative estimate of drug-likeness (QED) is 0.674. The largest absolute Gasteiger partial charge is 0.390 e. The number of nitrogens with zero attached hydrogens (tertiary/aromatic N) is 1. The Balaban J connectivity index is 2.35. The molecule has 0 aromatic rings. The van der Waals surface area contributed by atoms with Gasteiger partial charge >= 0.3 is 0 Å². The minimum Gasteiger partial charge on any atom is -0.390 e. The van der Waals surface area contributed by atoms with Crippen LogP contribution in [0.15, 0.2) is 0 Å². The van der Waals surface area contributed by atoms with E-state index in [1.54, 1.807) is 0 Å². The van der Waals surface area contributed by atoms with Crippen molar-refractivity contribution >= 4 is 0 Å². The second-order valence-electron chi connectivity index (χ2n) is 4.15. The molecule has 3 heteroatoms. The highest BCUT2D eigenvalue weighted by atomic mass is 16.3. The number of piperidine rings is 1. The molecule has 0 amide bonds. The van der Waals surface area contributed by atoms with Crippen LogP contribution in [-0.2, 0) is 0 Å². The molecule has 1 aliphatic heterocycles. The standard InChI is InChI=1S/C10H21NO2/c1-3-4-5-11-6-8(2)10(13)9(12)7-11/h8-10,12-13H,3-7H2,1-2H3/t8?,9?,10-/m1/s1. The Hall–Kier alpha value is -0.120. The summed E-state index contributed by atoms with van der Waals surface area (Å²) in [6.07, 6.45) is 1.28. The molecule has 1 heterocycles. The highest BCUT2D eigenvalue weighted by molar-refractivity contribution is 4.83. The molecule has 2 unspecified atom stereocenters. The van der Waals surface area contributed by atoms with Gasteiger partial charge in [-0.05, 0) is 18.9 Å². The second kappa shape index (κ2) is 4.94. The lowest BCUT2D eigenvalue weighted by atomic mass is 9.94. The van der Waals surface area contributed by atoms with Crippen molar-refractivity contribution in [3.63, 3.8) is 0 Å². The average molecular weight is 187 g/mol. The molecule has 2 N–H and O–H groups in total. The average Bonchev–Trinajstić information content (AvgIpc) is 2.10. The van der Waals surface area contributed by atoms with Crippen LogP contribution < -0.4 is 0 Å².